The van der Waals surface area contributed by atoms with Gasteiger partial charge in [0, 0.05) is 18.7 Å². The van der Waals surface area contributed by atoms with Crippen molar-refractivity contribution in [3.63, 3.8) is 0 Å². The van der Waals surface area contributed by atoms with E-state index in [2.05, 4.69) is 10.2 Å². The van der Waals surface area contributed by atoms with E-state index in [9.17, 15) is 9.59 Å². The van der Waals surface area contributed by atoms with Gasteiger partial charge >= 0.3 is 0 Å². The summed E-state index contributed by atoms with van der Waals surface area (Å²) in [5.74, 6) is 0.548. The van der Waals surface area contributed by atoms with Crippen molar-refractivity contribution in [2.45, 2.75) is 32.6 Å². The van der Waals surface area contributed by atoms with Gasteiger partial charge in [0.25, 0.3) is 5.91 Å². The molecule has 0 saturated carbocycles. The minimum absolute atomic E-state index is 0.0577. The minimum atomic E-state index is -0.245. The van der Waals surface area contributed by atoms with Crippen LogP contribution in [0.15, 0.2) is 42.5 Å². The molecule has 0 unspecified atom stereocenters. The van der Waals surface area contributed by atoms with Crippen LogP contribution in [0.4, 0.5) is 11.4 Å². The number of para-hydroxylation sites is 2. The number of carbonyl (C=O) groups excluding carboxylic acids is 2. The summed E-state index contributed by atoms with van der Waals surface area (Å²) < 4.78 is 10.9. The Morgan fingerprint density at radius 1 is 1.00 bits per heavy atom. The molecule has 1 fully saturated rings. The van der Waals surface area contributed by atoms with E-state index < -0.39 is 0 Å². The summed E-state index contributed by atoms with van der Waals surface area (Å²) in [4.78, 5) is 26.4. The van der Waals surface area contributed by atoms with E-state index in [4.69, 9.17) is 9.47 Å². The van der Waals surface area contributed by atoms with Crippen LogP contribution in [0.2, 0.25) is 0 Å². The highest BCUT2D eigenvalue weighted by atomic mass is 16.5. The average molecular weight is 396 g/mol. The maximum absolute atomic E-state index is 12.5. The van der Waals surface area contributed by atoms with Gasteiger partial charge in [0.05, 0.1) is 18.5 Å². The van der Waals surface area contributed by atoms with Crippen LogP contribution in [0.1, 0.15) is 43.0 Å². The molecule has 0 atom stereocenters. The van der Waals surface area contributed by atoms with Crippen molar-refractivity contribution < 1.29 is 19.1 Å². The molecule has 1 amide bonds. The summed E-state index contributed by atoms with van der Waals surface area (Å²) >= 11 is 0. The van der Waals surface area contributed by atoms with E-state index in [0.717, 1.165) is 24.5 Å². The van der Waals surface area contributed by atoms with Gasteiger partial charge in [-0.1, -0.05) is 25.0 Å². The van der Waals surface area contributed by atoms with Crippen LogP contribution in [0.5, 0.6) is 11.5 Å². The quantitative estimate of drug-likeness (QED) is 0.707. The molecule has 1 N–H and O–H groups in total. The fraction of sp³-hybridized carbons (Fsp3) is 0.391. The van der Waals surface area contributed by atoms with Crippen molar-refractivity contribution in [2.24, 2.45) is 0 Å². The molecule has 3 rings (SSSR count). The maximum atomic E-state index is 12.5. The third-order valence-electron chi connectivity index (χ3n) is 5.05. The largest absolute Gasteiger partial charge is 0.493 e. The van der Waals surface area contributed by atoms with Gasteiger partial charge in [0.2, 0.25) is 0 Å². The lowest BCUT2D eigenvalue weighted by atomic mass is 10.1. The molecule has 1 saturated heterocycles. The van der Waals surface area contributed by atoms with Gasteiger partial charge in [-0.2, -0.15) is 0 Å². The number of carbonyl (C=O) groups is 2. The number of anilines is 2. The van der Waals surface area contributed by atoms with Crippen LogP contribution in [0.25, 0.3) is 0 Å². The third-order valence-corrected chi connectivity index (χ3v) is 5.05. The smallest absolute Gasteiger partial charge is 0.262 e. The van der Waals surface area contributed by atoms with Crippen molar-refractivity contribution >= 4 is 23.1 Å². The van der Waals surface area contributed by atoms with Crippen molar-refractivity contribution in [1.29, 1.82) is 0 Å². The first-order chi connectivity index (χ1) is 14.1. The van der Waals surface area contributed by atoms with E-state index >= 15 is 0 Å². The topological polar surface area (TPSA) is 67.9 Å². The first-order valence-corrected chi connectivity index (χ1v) is 10.0. The number of nitrogens with one attached hydrogen (secondary N) is 1. The maximum Gasteiger partial charge on any atom is 0.262 e. The van der Waals surface area contributed by atoms with Crippen molar-refractivity contribution in [3.8, 4) is 11.5 Å². The molecular formula is C23H28N2O4. The zero-order chi connectivity index (χ0) is 20.6. The predicted molar refractivity (Wildman–Crippen MR) is 114 cm³/mol. The van der Waals surface area contributed by atoms with Crippen LogP contribution in [0, 0.1) is 0 Å². The lowest BCUT2D eigenvalue weighted by Gasteiger charge is -2.25. The number of hydrogen-bond acceptors (Lipinski definition) is 5. The average Bonchev–Trinajstić information content (AvgIpc) is 3.02. The molecule has 154 valence electrons. The van der Waals surface area contributed by atoms with E-state index in [-0.39, 0.29) is 18.3 Å². The summed E-state index contributed by atoms with van der Waals surface area (Å²) in [5.41, 5.74) is 2.37. The van der Waals surface area contributed by atoms with Gasteiger partial charge in [-0.25, -0.2) is 0 Å². The molecule has 6 nitrogen and oxygen atoms in total. The van der Waals surface area contributed by atoms with Crippen LogP contribution >= 0.6 is 0 Å². The van der Waals surface area contributed by atoms with Crippen molar-refractivity contribution in [3.05, 3.63) is 48.0 Å². The lowest BCUT2D eigenvalue weighted by Crippen LogP contribution is -2.27. The lowest BCUT2D eigenvalue weighted by molar-refractivity contribution is -0.118. The van der Waals surface area contributed by atoms with Crippen LogP contribution in [-0.2, 0) is 4.79 Å². The highest BCUT2D eigenvalue weighted by Gasteiger charge is 2.16. The second-order valence-electron chi connectivity index (χ2n) is 7.18. The monoisotopic (exact) mass is 396 g/mol. The van der Waals surface area contributed by atoms with E-state index in [1.165, 1.54) is 39.7 Å². The predicted octanol–water partition coefficient (Wildman–Crippen LogP) is 4.30. The fourth-order valence-electron chi connectivity index (χ4n) is 3.50. The number of benzene rings is 2. The van der Waals surface area contributed by atoms with Gasteiger partial charge in [-0.15, -0.1) is 0 Å². The molecular weight excluding hydrogens is 368 g/mol. The molecule has 2 aromatic carbocycles. The summed E-state index contributed by atoms with van der Waals surface area (Å²) in [5, 5.41) is 2.97. The Morgan fingerprint density at radius 2 is 1.72 bits per heavy atom. The van der Waals surface area contributed by atoms with Gasteiger partial charge in [0.15, 0.2) is 23.9 Å². The highest BCUT2D eigenvalue weighted by molar-refractivity contribution is 5.96. The Balaban J connectivity index is 1.65. The molecule has 0 spiro atoms. The Morgan fingerprint density at radius 3 is 2.41 bits per heavy atom. The molecule has 0 radical (unpaired) electrons. The van der Waals surface area contributed by atoms with Crippen LogP contribution < -0.4 is 19.7 Å². The SMILES string of the molecule is COc1cc(C(C)=O)ccc1OCC(=O)Nc1ccccc1N1CCCCCC1. The summed E-state index contributed by atoms with van der Waals surface area (Å²) in [6, 6.07) is 12.8. The first-order valence-electron chi connectivity index (χ1n) is 10.0. The van der Waals surface area contributed by atoms with Gasteiger partial charge in [-0.3, -0.25) is 9.59 Å². The summed E-state index contributed by atoms with van der Waals surface area (Å²) in [7, 11) is 1.50. The second-order valence-corrected chi connectivity index (χ2v) is 7.18. The third kappa shape index (κ3) is 5.50. The Bertz CT molecular complexity index is 858. The second kappa shape index (κ2) is 9.96. The zero-order valence-corrected chi connectivity index (χ0v) is 17.1. The normalized spacial score (nSPS) is 14.1. The number of Topliss-reactive ketones (excluding diaryl/α,β-unsaturated/α-hetero) is 1. The molecule has 0 bridgehead atoms. The van der Waals surface area contributed by atoms with Crippen molar-refractivity contribution in [2.75, 3.05) is 37.0 Å². The zero-order valence-electron chi connectivity index (χ0n) is 17.1. The summed E-state index contributed by atoms with van der Waals surface area (Å²) in [6.07, 6.45) is 4.84. The number of ether oxygens (including phenoxy) is 2. The molecule has 0 aliphatic carbocycles. The number of methoxy groups -OCH3 is 1. The first kappa shape index (κ1) is 20.7. The molecule has 29 heavy (non-hydrogen) atoms. The van der Waals surface area contributed by atoms with Gasteiger partial charge in [-0.05, 0) is 50.1 Å². The highest BCUT2D eigenvalue weighted by Crippen LogP contribution is 2.29. The van der Waals surface area contributed by atoms with Crippen LogP contribution in [0.3, 0.4) is 0 Å². The Labute approximate surface area is 171 Å². The summed E-state index contributed by atoms with van der Waals surface area (Å²) in [6.45, 7) is 3.35. The number of amides is 1. The number of nitrogens with zero attached hydrogens (tertiary/aromatic N) is 1. The molecule has 0 aromatic heterocycles. The number of ketones is 1. The molecule has 6 heteroatoms. The van der Waals surface area contributed by atoms with E-state index in [1.54, 1.807) is 18.2 Å². The number of hydrogen-bond donors (Lipinski definition) is 1. The Hall–Kier alpha value is -3.02. The van der Waals surface area contributed by atoms with Crippen molar-refractivity contribution in [1.82, 2.24) is 0 Å². The van der Waals surface area contributed by atoms with Crippen LogP contribution in [-0.4, -0.2) is 38.5 Å². The standard InChI is InChI=1S/C23H28N2O4/c1-17(26)18-11-12-21(22(15-18)28-2)29-16-23(27)24-19-9-5-6-10-20(19)25-13-7-3-4-8-14-25/h5-6,9-12,15H,3-4,7-8,13-14,16H2,1-2H3,(H,24,27). The van der Waals surface area contributed by atoms with E-state index in [1.807, 2.05) is 24.3 Å². The molecule has 2 aromatic rings. The minimum Gasteiger partial charge on any atom is -0.493 e. The Kier molecular flexibility index (Phi) is 7.11. The number of rotatable bonds is 7. The molecule has 1 heterocycles. The molecule has 1 aliphatic rings. The van der Waals surface area contributed by atoms with Gasteiger partial charge in [0.1, 0.15) is 0 Å². The van der Waals surface area contributed by atoms with Gasteiger partial charge < -0.3 is 19.7 Å². The van der Waals surface area contributed by atoms with E-state index in [0.29, 0.717) is 17.1 Å². The molecule has 1 aliphatic heterocycles. The fourth-order valence-corrected chi connectivity index (χ4v) is 3.50.